The number of hydrogen-bond acceptors (Lipinski definition) is 4. The maximum absolute atomic E-state index is 13.4. The second-order valence-electron chi connectivity index (χ2n) is 8.21. The summed E-state index contributed by atoms with van der Waals surface area (Å²) >= 11 is 0. The Kier molecular flexibility index (Phi) is 10.6. The van der Waals surface area contributed by atoms with Crippen molar-refractivity contribution in [3.8, 4) is 0 Å². The molecular weight excluding hydrogens is 498 g/mol. The lowest BCUT2D eigenvalue weighted by Gasteiger charge is -2.36. The summed E-state index contributed by atoms with van der Waals surface area (Å²) in [7, 11) is 0. The van der Waals surface area contributed by atoms with E-state index < -0.39 is 6.10 Å². The fourth-order valence-corrected chi connectivity index (χ4v) is 3.71. The van der Waals surface area contributed by atoms with Crippen molar-refractivity contribution in [2.24, 2.45) is 10.9 Å². The van der Waals surface area contributed by atoms with E-state index in [-0.39, 0.29) is 35.8 Å². The zero-order chi connectivity index (χ0) is 20.6. The molecule has 1 heterocycles. The molecule has 8 heteroatoms. The molecule has 1 aromatic carbocycles. The number of benzene rings is 1. The number of piperidine rings is 1. The molecule has 3 N–H and O–H groups in total. The van der Waals surface area contributed by atoms with Gasteiger partial charge < -0.3 is 25.4 Å². The number of halogens is 2. The average molecular weight is 534 g/mol. The highest BCUT2D eigenvalue weighted by atomic mass is 127. The second-order valence-corrected chi connectivity index (χ2v) is 8.21. The van der Waals surface area contributed by atoms with Crippen molar-refractivity contribution >= 4 is 35.6 Å². The average Bonchev–Trinajstić information content (AvgIpc) is 3.51. The Morgan fingerprint density at radius 1 is 1.37 bits per heavy atom. The lowest BCUT2D eigenvalue weighted by atomic mass is 10.0. The Morgan fingerprint density at radius 3 is 2.87 bits per heavy atom. The zero-order valence-electron chi connectivity index (χ0n) is 18.1. The van der Waals surface area contributed by atoms with Crippen LogP contribution in [0.25, 0.3) is 0 Å². The molecule has 1 aromatic rings. The second kappa shape index (κ2) is 12.7. The number of guanidine groups is 1. The SMILES string of the molecule is CCNC(=NCC(O)COCC1CC1)NC1CCCN(c2ccc(F)cc2C)C1.I. The number of anilines is 1. The van der Waals surface area contributed by atoms with Gasteiger partial charge in [0.25, 0.3) is 0 Å². The summed E-state index contributed by atoms with van der Waals surface area (Å²) in [5, 5.41) is 16.9. The number of aryl methyl sites for hydroxylation is 1. The summed E-state index contributed by atoms with van der Waals surface area (Å²) in [5.41, 5.74) is 2.05. The monoisotopic (exact) mass is 534 g/mol. The van der Waals surface area contributed by atoms with Gasteiger partial charge in [0.1, 0.15) is 5.82 Å². The van der Waals surface area contributed by atoms with Gasteiger partial charge in [0, 0.05) is 38.0 Å². The first-order chi connectivity index (χ1) is 14.0. The van der Waals surface area contributed by atoms with Gasteiger partial charge in [-0.2, -0.15) is 0 Å². The fourth-order valence-electron chi connectivity index (χ4n) is 3.71. The highest BCUT2D eigenvalue weighted by Gasteiger charge is 2.23. The van der Waals surface area contributed by atoms with Crippen LogP contribution in [0.1, 0.15) is 38.2 Å². The standard InChI is InChI=1S/C22H35FN4O2.HI/c1-3-24-22(25-12-20(28)15-29-14-17-6-7-17)26-19-5-4-10-27(13-19)21-9-8-18(23)11-16(21)2;/h8-9,11,17,19-20,28H,3-7,10,12-15H2,1-2H3,(H2,24,25,26);1H. The third kappa shape index (κ3) is 8.19. The van der Waals surface area contributed by atoms with Crippen LogP contribution in [0.15, 0.2) is 23.2 Å². The third-order valence-electron chi connectivity index (χ3n) is 5.43. The Morgan fingerprint density at radius 2 is 2.17 bits per heavy atom. The number of aliphatic imine (C=N–C) groups is 1. The van der Waals surface area contributed by atoms with Crippen LogP contribution in [0.5, 0.6) is 0 Å². The normalized spacial score (nSPS) is 20.5. The molecule has 0 spiro atoms. The lowest BCUT2D eigenvalue weighted by molar-refractivity contribution is 0.0368. The van der Waals surface area contributed by atoms with E-state index in [1.807, 2.05) is 19.9 Å². The molecule has 1 aliphatic heterocycles. The number of hydrogen-bond donors (Lipinski definition) is 3. The molecule has 2 unspecified atom stereocenters. The number of nitrogens with zero attached hydrogens (tertiary/aromatic N) is 2. The van der Waals surface area contributed by atoms with E-state index in [1.165, 1.54) is 18.9 Å². The number of rotatable bonds is 9. The van der Waals surface area contributed by atoms with E-state index in [0.717, 1.165) is 56.3 Å². The van der Waals surface area contributed by atoms with Crippen molar-refractivity contribution in [3.05, 3.63) is 29.6 Å². The van der Waals surface area contributed by atoms with Gasteiger partial charge in [-0.05, 0) is 69.2 Å². The van der Waals surface area contributed by atoms with Crippen molar-refractivity contribution in [1.29, 1.82) is 0 Å². The van der Waals surface area contributed by atoms with Crippen LogP contribution >= 0.6 is 24.0 Å². The first-order valence-corrected chi connectivity index (χ1v) is 10.9. The maximum Gasteiger partial charge on any atom is 0.191 e. The molecule has 1 saturated carbocycles. The molecule has 0 radical (unpaired) electrons. The van der Waals surface area contributed by atoms with Gasteiger partial charge in [-0.1, -0.05) is 0 Å². The van der Waals surface area contributed by atoms with Gasteiger partial charge >= 0.3 is 0 Å². The molecule has 2 atom stereocenters. The van der Waals surface area contributed by atoms with Crippen LogP contribution in [0.2, 0.25) is 0 Å². The van der Waals surface area contributed by atoms with E-state index in [2.05, 4.69) is 20.5 Å². The van der Waals surface area contributed by atoms with Crippen molar-refractivity contribution in [2.45, 2.75) is 51.7 Å². The molecule has 30 heavy (non-hydrogen) atoms. The molecule has 3 rings (SSSR count). The van der Waals surface area contributed by atoms with Crippen molar-refractivity contribution in [1.82, 2.24) is 10.6 Å². The van der Waals surface area contributed by atoms with Crippen LogP contribution in [-0.4, -0.2) is 62.6 Å². The predicted molar refractivity (Wildman–Crippen MR) is 130 cm³/mol. The van der Waals surface area contributed by atoms with Gasteiger partial charge in [-0.25, -0.2) is 4.39 Å². The highest BCUT2D eigenvalue weighted by molar-refractivity contribution is 14.0. The molecule has 1 saturated heterocycles. The quantitative estimate of drug-likeness (QED) is 0.258. The lowest BCUT2D eigenvalue weighted by Crippen LogP contribution is -2.51. The Balaban J connectivity index is 0.00000320. The summed E-state index contributed by atoms with van der Waals surface area (Å²) < 4.78 is 19.0. The van der Waals surface area contributed by atoms with Crippen molar-refractivity contribution < 1.29 is 14.2 Å². The van der Waals surface area contributed by atoms with Crippen LogP contribution in [0.3, 0.4) is 0 Å². The molecule has 0 amide bonds. The van der Waals surface area contributed by atoms with Gasteiger partial charge in [-0.3, -0.25) is 4.99 Å². The minimum atomic E-state index is -0.589. The van der Waals surface area contributed by atoms with Crippen molar-refractivity contribution in [3.63, 3.8) is 0 Å². The number of nitrogens with one attached hydrogen (secondary N) is 2. The van der Waals surface area contributed by atoms with E-state index in [0.29, 0.717) is 19.1 Å². The smallest absolute Gasteiger partial charge is 0.191 e. The number of ether oxygens (including phenoxy) is 1. The largest absolute Gasteiger partial charge is 0.389 e. The van der Waals surface area contributed by atoms with Gasteiger partial charge in [0.2, 0.25) is 0 Å². The molecule has 170 valence electrons. The summed E-state index contributed by atoms with van der Waals surface area (Å²) in [5.74, 6) is 1.22. The van der Waals surface area contributed by atoms with E-state index in [1.54, 1.807) is 6.07 Å². The molecule has 2 fully saturated rings. The van der Waals surface area contributed by atoms with Crippen LogP contribution in [-0.2, 0) is 4.74 Å². The summed E-state index contributed by atoms with van der Waals surface area (Å²) in [6.07, 6.45) is 4.02. The molecule has 2 aliphatic rings. The molecular formula is C22H36FIN4O2. The first-order valence-electron chi connectivity index (χ1n) is 10.9. The molecule has 0 bridgehead atoms. The summed E-state index contributed by atoms with van der Waals surface area (Å²) in [6, 6.07) is 5.22. The fraction of sp³-hybridized carbons (Fsp3) is 0.682. The number of aliphatic hydroxyl groups excluding tert-OH is 1. The van der Waals surface area contributed by atoms with Crippen LogP contribution in [0, 0.1) is 18.7 Å². The zero-order valence-corrected chi connectivity index (χ0v) is 20.4. The van der Waals surface area contributed by atoms with Gasteiger partial charge in [-0.15, -0.1) is 24.0 Å². The molecule has 6 nitrogen and oxygen atoms in total. The minimum Gasteiger partial charge on any atom is -0.389 e. The first kappa shape index (κ1) is 25.1. The Hall–Kier alpha value is -1.13. The third-order valence-corrected chi connectivity index (χ3v) is 5.43. The van der Waals surface area contributed by atoms with Gasteiger partial charge in [0.15, 0.2) is 5.96 Å². The minimum absolute atomic E-state index is 0. The van der Waals surface area contributed by atoms with E-state index in [4.69, 9.17) is 4.74 Å². The van der Waals surface area contributed by atoms with Crippen molar-refractivity contribution in [2.75, 3.05) is 44.3 Å². The topological polar surface area (TPSA) is 69.1 Å². The van der Waals surface area contributed by atoms with Crippen LogP contribution < -0.4 is 15.5 Å². The van der Waals surface area contributed by atoms with E-state index >= 15 is 0 Å². The Labute approximate surface area is 196 Å². The molecule has 0 aromatic heterocycles. The van der Waals surface area contributed by atoms with Gasteiger partial charge in [0.05, 0.1) is 19.3 Å². The maximum atomic E-state index is 13.4. The summed E-state index contributed by atoms with van der Waals surface area (Å²) in [6.45, 7) is 7.94. The predicted octanol–water partition coefficient (Wildman–Crippen LogP) is 3.06. The molecule has 1 aliphatic carbocycles. The van der Waals surface area contributed by atoms with Crippen LogP contribution in [0.4, 0.5) is 10.1 Å². The highest BCUT2D eigenvalue weighted by Crippen LogP contribution is 2.28. The number of aliphatic hydroxyl groups is 1. The Bertz CT molecular complexity index is 687. The summed E-state index contributed by atoms with van der Waals surface area (Å²) in [4.78, 5) is 6.85. The van der Waals surface area contributed by atoms with E-state index in [9.17, 15) is 9.50 Å².